The van der Waals surface area contributed by atoms with E-state index in [1.165, 1.54) is 11.3 Å². The van der Waals surface area contributed by atoms with Crippen molar-refractivity contribution in [3.63, 3.8) is 0 Å². The van der Waals surface area contributed by atoms with Gasteiger partial charge in [0.1, 0.15) is 5.82 Å². The quantitative estimate of drug-likeness (QED) is 0.891. The Morgan fingerprint density at radius 2 is 1.96 bits per heavy atom. The molecule has 0 unspecified atom stereocenters. The zero-order valence-electron chi connectivity index (χ0n) is 15.0. The van der Waals surface area contributed by atoms with Crippen LogP contribution in [0.25, 0.3) is 0 Å². The largest absolute Gasteiger partial charge is 0.311 e. The van der Waals surface area contributed by atoms with E-state index >= 15 is 0 Å². The van der Waals surface area contributed by atoms with Gasteiger partial charge in [-0.05, 0) is 38.7 Å². The zero-order chi connectivity index (χ0) is 17.1. The Kier molecular flexibility index (Phi) is 5.23. The third kappa shape index (κ3) is 4.21. The van der Waals surface area contributed by atoms with Crippen molar-refractivity contribution in [3.8, 4) is 0 Å². The van der Waals surface area contributed by atoms with Crippen LogP contribution in [0.4, 0.5) is 5.82 Å². The summed E-state index contributed by atoms with van der Waals surface area (Å²) in [6.45, 7) is 11.3. The molecule has 1 amide bonds. The number of aromatic nitrogens is 4. The molecule has 0 bridgehead atoms. The second-order valence-electron chi connectivity index (χ2n) is 6.57. The second kappa shape index (κ2) is 6.98. The Balaban J connectivity index is 1.99. The molecule has 2 rings (SSSR count). The summed E-state index contributed by atoms with van der Waals surface area (Å²) < 4.78 is 3.74. The van der Waals surface area contributed by atoms with Crippen molar-refractivity contribution in [2.24, 2.45) is 13.0 Å². The SMILES string of the molecule is Cc1cc(NC(=O)CCc2c(C)nn(CC(C)C)c2C)n(C)n1. The molecular weight excluding hydrogens is 290 g/mol. The minimum absolute atomic E-state index is 0.00316. The van der Waals surface area contributed by atoms with Gasteiger partial charge in [0.05, 0.1) is 11.4 Å². The highest BCUT2D eigenvalue weighted by atomic mass is 16.1. The van der Waals surface area contributed by atoms with Gasteiger partial charge in [-0.2, -0.15) is 10.2 Å². The molecule has 0 aliphatic heterocycles. The molecule has 6 heteroatoms. The number of nitrogens with one attached hydrogen (secondary N) is 1. The van der Waals surface area contributed by atoms with Gasteiger partial charge in [-0.3, -0.25) is 14.2 Å². The molecule has 6 nitrogen and oxygen atoms in total. The number of anilines is 1. The van der Waals surface area contributed by atoms with Gasteiger partial charge < -0.3 is 5.32 Å². The highest BCUT2D eigenvalue weighted by molar-refractivity contribution is 5.90. The van der Waals surface area contributed by atoms with Crippen LogP contribution >= 0.6 is 0 Å². The summed E-state index contributed by atoms with van der Waals surface area (Å²) in [6.07, 6.45) is 1.15. The monoisotopic (exact) mass is 317 g/mol. The van der Waals surface area contributed by atoms with Crippen LogP contribution in [-0.4, -0.2) is 25.5 Å². The maximum absolute atomic E-state index is 12.2. The van der Waals surface area contributed by atoms with Crippen LogP contribution < -0.4 is 5.32 Å². The predicted octanol–water partition coefficient (Wildman–Crippen LogP) is 2.77. The molecule has 0 saturated heterocycles. The highest BCUT2D eigenvalue weighted by Gasteiger charge is 2.14. The van der Waals surface area contributed by atoms with Gasteiger partial charge in [-0.25, -0.2) is 0 Å². The molecule has 2 aromatic rings. The number of hydrogen-bond donors (Lipinski definition) is 1. The molecule has 0 aromatic carbocycles. The van der Waals surface area contributed by atoms with E-state index in [4.69, 9.17) is 0 Å². The first kappa shape index (κ1) is 17.2. The molecule has 23 heavy (non-hydrogen) atoms. The Hall–Kier alpha value is -2.11. The number of aryl methyl sites for hydroxylation is 3. The lowest BCUT2D eigenvalue weighted by Crippen LogP contribution is -2.15. The Bertz CT molecular complexity index is 696. The maximum atomic E-state index is 12.2. The molecule has 2 heterocycles. The molecule has 2 aromatic heterocycles. The van der Waals surface area contributed by atoms with Gasteiger partial charge in [-0.1, -0.05) is 13.8 Å². The fraction of sp³-hybridized carbons (Fsp3) is 0.588. The van der Waals surface area contributed by atoms with E-state index in [1.54, 1.807) is 4.68 Å². The smallest absolute Gasteiger partial charge is 0.225 e. The zero-order valence-corrected chi connectivity index (χ0v) is 15.0. The van der Waals surface area contributed by atoms with Crippen LogP contribution in [0.15, 0.2) is 6.07 Å². The number of carbonyl (C=O) groups is 1. The van der Waals surface area contributed by atoms with Crippen molar-refractivity contribution in [1.29, 1.82) is 0 Å². The van der Waals surface area contributed by atoms with E-state index in [-0.39, 0.29) is 5.91 Å². The van der Waals surface area contributed by atoms with Crippen molar-refractivity contribution in [2.45, 2.75) is 54.0 Å². The molecule has 0 radical (unpaired) electrons. The van der Waals surface area contributed by atoms with E-state index < -0.39 is 0 Å². The Labute approximate surface area is 137 Å². The summed E-state index contributed by atoms with van der Waals surface area (Å²) >= 11 is 0. The van der Waals surface area contributed by atoms with Gasteiger partial charge >= 0.3 is 0 Å². The van der Waals surface area contributed by atoms with Crippen LogP contribution in [0.3, 0.4) is 0 Å². The number of hydrogen-bond acceptors (Lipinski definition) is 3. The lowest BCUT2D eigenvalue weighted by Gasteiger charge is -2.08. The summed E-state index contributed by atoms with van der Waals surface area (Å²) in [5.41, 5.74) is 4.26. The third-order valence-electron chi connectivity index (χ3n) is 3.94. The molecule has 1 N–H and O–H groups in total. The number of carbonyl (C=O) groups excluding carboxylic acids is 1. The number of rotatable bonds is 6. The van der Waals surface area contributed by atoms with Crippen LogP contribution in [0, 0.1) is 26.7 Å². The van der Waals surface area contributed by atoms with E-state index in [0.29, 0.717) is 18.8 Å². The Morgan fingerprint density at radius 3 is 2.52 bits per heavy atom. The first-order valence-electron chi connectivity index (χ1n) is 8.11. The second-order valence-corrected chi connectivity index (χ2v) is 6.57. The first-order valence-corrected chi connectivity index (χ1v) is 8.11. The molecule has 126 valence electrons. The molecule has 0 spiro atoms. The van der Waals surface area contributed by atoms with Crippen molar-refractivity contribution in [2.75, 3.05) is 5.32 Å². The van der Waals surface area contributed by atoms with Crippen molar-refractivity contribution in [3.05, 3.63) is 28.7 Å². The van der Waals surface area contributed by atoms with Crippen LogP contribution in [0.2, 0.25) is 0 Å². The lowest BCUT2D eigenvalue weighted by atomic mass is 10.1. The van der Waals surface area contributed by atoms with E-state index in [0.717, 1.165) is 23.8 Å². The molecule has 0 saturated carbocycles. The fourth-order valence-corrected chi connectivity index (χ4v) is 2.79. The highest BCUT2D eigenvalue weighted by Crippen LogP contribution is 2.17. The average Bonchev–Trinajstić information content (AvgIpc) is 2.87. The minimum atomic E-state index is 0.00316. The van der Waals surface area contributed by atoms with E-state index in [2.05, 4.69) is 41.0 Å². The topological polar surface area (TPSA) is 64.7 Å². The minimum Gasteiger partial charge on any atom is -0.311 e. The Morgan fingerprint density at radius 1 is 1.26 bits per heavy atom. The first-order chi connectivity index (χ1) is 10.8. The van der Waals surface area contributed by atoms with Crippen LogP contribution in [0.1, 0.15) is 42.9 Å². The number of nitrogens with zero attached hydrogens (tertiary/aromatic N) is 4. The predicted molar refractivity (Wildman–Crippen MR) is 91.4 cm³/mol. The summed E-state index contributed by atoms with van der Waals surface area (Å²) in [5, 5.41) is 11.7. The fourth-order valence-electron chi connectivity index (χ4n) is 2.79. The molecule has 0 aliphatic rings. The molecule has 0 atom stereocenters. The lowest BCUT2D eigenvalue weighted by molar-refractivity contribution is -0.116. The molecule has 0 fully saturated rings. The van der Waals surface area contributed by atoms with Gasteiger partial charge in [0.2, 0.25) is 5.91 Å². The van der Waals surface area contributed by atoms with Crippen molar-refractivity contribution in [1.82, 2.24) is 19.6 Å². The van der Waals surface area contributed by atoms with Gasteiger partial charge in [0.15, 0.2) is 0 Å². The van der Waals surface area contributed by atoms with Crippen LogP contribution in [0.5, 0.6) is 0 Å². The number of amides is 1. The van der Waals surface area contributed by atoms with Gasteiger partial charge in [-0.15, -0.1) is 0 Å². The van der Waals surface area contributed by atoms with Crippen molar-refractivity contribution < 1.29 is 4.79 Å². The van der Waals surface area contributed by atoms with Crippen LogP contribution in [-0.2, 0) is 24.8 Å². The van der Waals surface area contributed by atoms with Crippen molar-refractivity contribution >= 4 is 11.7 Å². The van der Waals surface area contributed by atoms with Gasteiger partial charge in [0, 0.05) is 31.8 Å². The maximum Gasteiger partial charge on any atom is 0.225 e. The summed E-state index contributed by atoms with van der Waals surface area (Å²) in [5.74, 6) is 1.29. The summed E-state index contributed by atoms with van der Waals surface area (Å²) in [6, 6.07) is 1.87. The third-order valence-corrected chi connectivity index (χ3v) is 3.94. The summed E-state index contributed by atoms with van der Waals surface area (Å²) in [4.78, 5) is 12.2. The summed E-state index contributed by atoms with van der Waals surface area (Å²) in [7, 11) is 1.83. The van der Waals surface area contributed by atoms with E-state index in [9.17, 15) is 4.79 Å². The molecular formula is C17H27N5O. The van der Waals surface area contributed by atoms with E-state index in [1.807, 2.05) is 27.0 Å². The average molecular weight is 317 g/mol. The standard InChI is InChI=1S/C17H27N5O/c1-11(2)10-22-14(5)15(13(4)20-22)7-8-17(23)18-16-9-12(3)19-21(16)6/h9,11H,7-8,10H2,1-6H3,(H,18,23). The van der Waals surface area contributed by atoms with Gasteiger partial charge in [0.25, 0.3) is 0 Å². The molecule has 0 aliphatic carbocycles. The normalized spacial score (nSPS) is 11.3.